The Labute approximate surface area is 167 Å². The second-order valence-electron chi connectivity index (χ2n) is 8.30. The number of hydrogen-bond acceptors (Lipinski definition) is 4. The highest BCUT2D eigenvalue weighted by Gasteiger charge is 2.35. The molecule has 1 heterocycles. The quantitative estimate of drug-likeness (QED) is 0.845. The molecule has 0 bridgehead atoms. The van der Waals surface area contributed by atoms with Gasteiger partial charge in [-0.25, -0.2) is 0 Å². The molecule has 0 saturated carbocycles. The maximum Gasteiger partial charge on any atom is 0.245 e. The summed E-state index contributed by atoms with van der Waals surface area (Å²) in [6.07, 6.45) is 0.809. The van der Waals surface area contributed by atoms with E-state index < -0.39 is 0 Å². The van der Waals surface area contributed by atoms with Gasteiger partial charge in [-0.15, -0.1) is 0 Å². The van der Waals surface area contributed by atoms with Gasteiger partial charge >= 0.3 is 0 Å². The van der Waals surface area contributed by atoms with Crippen molar-refractivity contribution in [2.75, 3.05) is 26.1 Å². The monoisotopic (exact) mass is 382 g/mol. The summed E-state index contributed by atoms with van der Waals surface area (Å²) in [5, 5.41) is 3.44. The van der Waals surface area contributed by atoms with Crippen LogP contribution < -0.4 is 14.8 Å². The van der Waals surface area contributed by atoms with Gasteiger partial charge in [-0.3, -0.25) is 4.79 Å². The fourth-order valence-electron chi connectivity index (χ4n) is 3.60. The molecule has 1 amide bonds. The largest absolute Gasteiger partial charge is 0.493 e. The molecule has 0 aliphatic carbocycles. The summed E-state index contributed by atoms with van der Waals surface area (Å²) in [6.45, 7) is 7.56. The van der Waals surface area contributed by atoms with Crippen LogP contribution in [0.5, 0.6) is 11.5 Å². The van der Waals surface area contributed by atoms with Crippen LogP contribution in [0.25, 0.3) is 0 Å². The Morgan fingerprint density at radius 2 is 1.64 bits per heavy atom. The Morgan fingerprint density at radius 1 is 1.04 bits per heavy atom. The van der Waals surface area contributed by atoms with Crippen LogP contribution in [0.3, 0.4) is 0 Å². The van der Waals surface area contributed by atoms with E-state index in [0.29, 0.717) is 18.8 Å². The fourth-order valence-corrected chi connectivity index (χ4v) is 3.60. The van der Waals surface area contributed by atoms with Gasteiger partial charge in [0.2, 0.25) is 5.91 Å². The normalized spacial score (nSPS) is 14.8. The summed E-state index contributed by atoms with van der Waals surface area (Å²) in [6, 6.07) is 13.6. The van der Waals surface area contributed by atoms with Crippen molar-refractivity contribution in [3.05, 3.63) is 53.6 Å². The van der Waals surface area contributed by atoms with Gasteiger partial charge in [-0.05, 0) is 47.2 Å². The average molecular weight is 383 g/mol. The molecule has 0 fully saturated rings. The first-order valence-electron chi connectivity index (χ1n) is 9.67. The molecule has 5 heteroatoms. The minimum absolute atomic E-state index is 0.122. The number of nitrogens with zero attached hydrogens (tertiary/aromatic N) is 1. The second kappa shape index (κ2) is 8.13. The highest BCUT2D eigenvalue weighted by atomic mass is 16.5. The predicted octanol–water partition coefficient (Wildman–Crippen LogP) is 4.12. The number of rotatable bonds is 5. The Bertz CT molecular complexity index is 828. The number of methoxy groups -OCH3 is 2. The number of carbonyl (C=O) groups is 1. The van der Waals surface area contributed by atoms with E-state index in [1.54, 1.807) is 14.2 Å². The number of carbonyl (C=O) groups excluding carboxylic acids is 1. The molecule has 28 heavy (non-hydrogen) atoms. The minimum Gasteiger partial charge on any atom is -0.493 e. The molecule has 5 nitrogen and oxygen atoms in total. The molecule has 0 radical (unpaired) electrons. The summed E-state index contributed by atoms with van der Waals surface area (Å²) in [4.78, 5) is 15.4. The fraction of sp³-hybridized carbons (Fsp3) is 0.435. The molecule has 1 aliphatic rings. The first-order valence-corrected chi connectivity index (χ1v) is 9.67. The Balaban J connectivity index is 1.83. The first-order chi connectivity index (χ1) is 13.3. The maximum absolute atomic E-state index is 13.4. The van der Waals surface area contributed by atoms with Gasteiger partial charge in [0.25, 0.3) is 0 Å². The van der Waals surface area contributed by atoms with Crippen molar-refractivity contribution in [1.29, 1.82) is 0 Å². The van der Waals surface area contributed by atoms with Crippen molar-refractivity contribution in [1.82, 2.24) is 4.90 Å². The number of benzene rings is 2. The highest BCUT2D eigenvalue weighted by Crippen LogP contribution is 2.34. The molecule has 1 N–H and O–H groups in total. The number of fused-ring (bicyclic) bond motifs is 1. The third kappa shape index (κ3) is 4.24. The van der Waals surface area contributed by atoms with Crippen LogP contribution >= 0.6 is 0 Å². The number of nitrogens with one attached hydrogen (secondary N) is 1. The van der Waals surface area contributed by atoms with Crippen molar-refractivity contribution in [2.45, 2.75) is 39.8 Å². The molecule has 0 saturated heterocycles. The zero-order chi connectivity index (χ0) is 20.3. The highest BCUT2D eigenvalue weighted by molar-refractivity contribution is 5.86. The summed E-state index contributed by atoms with van der Waals surface area (Å²) < 4.78 is 10.8. The number of hydrogen-bond donors (Lipinski definition) is 1. The van der Waals surface area contributed by atoms with Gasteiger partial charge < -0.3 is 19.7 Å². The van der Waals surface area contributed by atoms with Crippen LogP contribution in [-0.2, 0) is 17.8 Å². The van der Waals surface area contributed by atoms with Crippen molar-refractivity contribution in [2.24, 2.45) is 5.41 Å². The lowest BCUT2D eigenvalue weighted by atomic mass is 9.85. The van der Waals surface area contributed by atoms with E-state index in [2.05, 4.69) is 26.1 Å². The summed E-state index contributed by atoms with van der Waals surface area (Å²) in [5.74, 6) is 1.56. The van der Waals surface area contributed by atoms with E-state index >= 15 is 0 Å². The smallest absolute Gasteiger partial charge is 0.245 e. The van der Waals surface area contributed by atoms with Crippen LogP contribution in [-0.4, -0.2) is 37.6 Å². The van der Waals surface area contributed by atoms with E-state index in [9.17, 15) is 4.79 Å². The number of anilines is 1. The van der Waals surface area contributed by atoms with Gasteiger partial charge in [0.05, 0.1) is 14.2 Å². The molecule has 0 spiro atoms. The molecule has 2 aromatic carbocycles. The Hall–Kier alpha value is -2.69. The average Bonchev–Trinajstić information content (AvgIpc) is 2.69. The maximum atomic E-state index is 13.4. The molecule has 1 atom stereocenters. The van der Waals surface area contributed by atoms with Crippen LogP contribution in [0.1, 0.15) is 31.9 Å². The zero-order valence-corrected chi connectivity index (χ0v) is 17.4. The van der Waals surface area contributed by atoms with Crippen LogP contribution in [0.15, 0.2) is 42.5 Å². The van der Waals surface area contributed by atoms with Crippen molar-refractivity contribution < 1.29 is 14.3 Å². The van der Waals surface area contributed by atoms with Gasteiger partial charge in [0.15, 0.2) is 11.5 Å². The van der Waals surface area contributed by atoms with Gasteiger partial charge in [-0.1, -0.05) is 39.0 Å². The number of para-hydroxylation sites is 1. The van der Waals surface area contributed by atoms with E-state index in [-0.39, 0.29) is 17.4 Å². The molecule has 150 valence electrons. The van der Waals surface area contributed by atoms with E-state index in [4.69, 9.17) is 9.47 Å². The molecule has 3 rings (SSSR count). The lowest BCUT2D eigenvalue weighted by Crippen LogP contribution is -2.50. The number of ether oxygens (including phenoxy) is 2. The lowest BCUT2D eigenvalue weighted by molar-refractivity contribution is -0.135. The van der Waals surface area contributed by atoms with Crippen LogP contribution in [0.2, 0.25) is 0 Å². The van der Waals surface area contributed by atoms with Crippen molar-refractivity contribution in [3.8, 4) is 11.5 Å². The summed E-state index contributed by atoms with van der Waals surface area (Å²) >= 11 is 0. The second-order valence-corrected chi connectivity index (χ2v) is 8.30. The predicted molar refractivity (Wildman–Crippen MR) is 112 cm³/mol. The molecular weight excluding hydrogens is 352 g/mol. The van der Waals surface area contributed by atoms with Crippen LogP contribution in [0.4, 0.5) is 5.69 Å². The van der Waals surface area contributed by atoms with E-state index in [0.717, 1.165) is 23.4 Å². The first kappa shape index (κ1) is 20.1. The van der Waals surface area contributed by atoms with Crippen molar-refractivity contribution in [3.63, 3.8) is 0 Å². The van der Waals surface area contributed by atoms with Crippen molar-refractivity contribution >= 4 is 11.6 Å². The number of amides is 1. The van der Waals surface area contributed by atoms with Gasteiger partial charge in [-0.2, -0.15) is 0 Å². The Kier molecular flexibility index (Phi) is 5.82. The van der Waals surface area contributed by atoms with Gasteiger partial charge in [0, 0.05) is 18.8 Å². The molecular formula is C23H30N2O3. The SMILES string of the molecule is COc1cc2c(cc1OC)CN(C(=O)[C@H](Nc1ccccc1)C(C)(C)C)CC2. The summed E-state index contributed by atoms with van der Waals surface area (Å²) in [5.41, 5.74) is 3.07. The summed E-state index contributed by atoms with van der Waals surface area (Å²) in [7, 11) is 3.28. The topological polar surface area (TPSA) is 50.8 Å². The molecule has 1 aliphatic heterocycles. The van der Waals surface area contributed by atoms with Gasteiger partial charge in [0.1, 0.15) is 6.04 Å². The standard InChI is InChI=1S/C23H30N2O3/c1-23(2,3)21(24-18-9-7-6-8-10-18)22(26)25-12-11-16-13-19(27-4)20(28-5)14-17(16)15-25/h6-10,13-14,21,24H,11-12,15H2,1-5H3/t21-/m0/s1. The molecule has 0 unspecified atom stereocenters. The lowest BCUT2D eigenvalue weighted by Gasteiger charge is -2.37. The molecule has 0 aromatic heterocycles. The third-order valence-corrected chi connectivity index (χ3v) is 5.23. The van der Waals surface area contributed by atoms with E-state index in [1.807, 2.05) is 47.4 Å². The molecule has 2 aromatic rings. The zero-order valence-electron chi connectivity index (χ0n) is 17.4. The van der Waals surface area contributed by atoms with E-state index in [1.165, 1.54) is 5.56 Å². The third-order valence-electron chi connectivity index (χ3n) is 5.23. The Morgan fingerprint density at radius 3 is 2.21 bits per heavy atom. The van der Waals surface area contributed by atoms with Crippen LogP contribution in [0, 0.1) is 5.41 Å². The minimum atomic E-state index is -0.309.